The minimum absolute atomic E-state index is 0.0640. The van der Waals surface area contributed by atoms with Crippen LogP contribution in [0, 0.1) is 5.92 Å². The number of likely N-dealkylation sites (tertiary alicyclic amines) is 1. The number of rotatable bonds is 7. The molecule has 1 aliphatic carbocycles. The average molecular weight is 492 g/mol. The second kappa shape index (κ2) is 9.32. The number of ether oxygens (including phenoxy) is 2. The van der Waals surface area contributed by atoms with Crippen molar-refractivity contribution in [2.24, 2.45) is 5.92 Å². The number of aliphatic hydroxyl groups is 1. The van der Waals surface area contributed by atoms with Crippen molar-refractivity contribution in [2.45, 2.75) is 69.8 Å². The van der Waals surface area contributed by atoms with E-state index in [1.807, 2.05) is 12.1 Å². The van der Waals surface area contributed by atoms with Crippen LogP contribution < -0.4 is 10.5 Å². The van der Waals surface area contributed by atoms with Gasteiger partial charge in [0.15, 0.2) is 0 Å². The Bertz CT molecular complexity index is 1240. The maximum Gasteiger partial charge on any atom is 0.146 e. The highest BCUT2D eigenvalue weighted by molar-refractivity contribution is 6.00. The molecule has 2 saturated heterocycles. The number of anilines is 1. The molecular formula is C28H37N5O3. The van der Waals surface area contributed by atoms with Crippen LogP contribution >= 0.6 is 0 Å². The van der Waals surface area contributed by atoms with Gasteiger partial charge in [0.05, 0.1) is 23.2 Å². The van der Waals surface area contributed by atoms with E-state index in [4.69, 9.17) is 15.2 Å². The van der Waals surface area contributed by atoms with Crippen molar-refractivity contribution in [3.63, 3.8) is 0 Å². The summed E-state index contributed by atoms with van der Waals surface area (Å²) in [6.45, 7) is 7.71. The summed E-state index contributed by atoms with van der Waals surface area (Å²) in [5.74, 6) is 1.98. The van der Waals surface area contributed by atoms with Gasteiger partial charge in [0.1, 0.15) is 30.1 Å². The first kappa shape index (κ1) is 23.7. The molecule has 192 valence electrons. The molecule has 3 aliphatic rings. The third-order valence-corrected chi connectivity index (χ3v) is 8.14. The molecule has 1 saturated carbocycles. The Kier molecular flexibility index (Phi) is 6.14. The highest BCUT2D eigenvalue weighted by atomic mass is 16.6. The lowest BCUT2D eigenvalue weighted by Crippen LogP contribution is -2.36. The number of β-amino-alcohol motifs (C(OH)–C–C–N with tert-alkyl or cyclic N) is 1. The number of nitrogens with zero attached hydrogens (tertiary/aromatic N) is 4. The number of fused-ring (bicyclic) bond motifs is 1. The zero-order valence-electron chi connectivity index (χ0n) is 21.3. The lowest BCUT2D eigenvalue weighted by atomic mass is 9.79. The van der Waals surface area contributed by atoms with Gasteiger partial charge in [-0.2, -0.15) is 0 Å². The molecule has 0 bridgehead atoms. The lowest BCUT2D eigenvalue weighted by Gasteiger charge is -2.38. The van der Waals surface area contributed by atoms with Gasteiger partial charge in [-0.25, -0.2) is 9.97 Å². The van der Waals surface area contributed by atoms with Crippen molar-refractivity contribution in [1.29, 1.82) is 0 Å². The van der Waals surface area contributed by atoms with E-state index in [9.17, 15) is 5.11 Å². The van der Waals surface area contributed by atoms with Crippen LogP contribution in [0.5, 0.6) is 5.75 Å². The zero-order valence-corrected chi connectivity index (χ0v) is 21.3. The average Bonchev–Trinajstić information content (AvgIpc) is 3.52. The Morgan fingerprint density at radius 1 is 1.22 bits per heavy atom. The molecule has 3 fully saturated rings. The molecule has 1 aromatic carbocycles. The third-order valence-electron chi connectivity index (χ3n) is 8.14. The first-order valence-electron chi connectivity index (χ1n) is 13.3. The molecule has 0 radical (unpaired) electrons. The largest absolute Gasteiger partial charge is 0.491 e. The number of nitrogen functional groups attached to an aromatic ring is 1. The van der Waals surface area contributed by atoms with E-state index in [0.717, 1.165) is 79.6 Å². The van der Waals surface area contributed by atoms with Crippen LogP contribution in [0.25, 0.3) is 22.2 Å². The zero-order chi connectivity index (χ0) is 24.9. The van der Waals surface area contributed by atoms with E-state index in [0.29, 0.717) is 24.4 Å². The van der Waals surface area contributed by atoms with E-state index in [1.54, 1.807) is 6.33 Å². The van der Waals surface area contributed by atoms with Crippen molar-refractivity contribution in [1.82, 2.24) is 19.4 Å². The molecule has 2 aliphatic heterocycles. The van der Waals surface area contributed by atoms with Crippen molar-refractivity contribution >= 4 is 16.9 Å². The van der Waals surface area contributed by atoms with Gasteiger partial charge in [0.2, 0.25) is 0 Å². The summed E-state index contributed by atoms with van der Waals surface area (Å²) in [6.07, 6.45) is 8.92. The predicted molar refractivity (Wildman–Crippen MR) is 140 cm³/mol. The molecule has 0 amide bonds. The first-order valence-corrected chi connectivity index (χ1v) is 13.3. The normalized spacial score (nSPS) is 28.0. The minimum atomic E-state index is -0.159. The molecule has 8 heteroatoms. The Morgan fingerprint density at radius 3 is 2.83 bits per heavy atom. The molecular weight excluding hydrogens is 454 g/mol. The van der Waals surface area contributed by atoms with Crippen molar-refractivity contribution in [3.05, 3.63) is 36.8 Å². The molecule has 36 heavy (non-hydrogen) atoms. The van der Waals surface area contributed by atoms with Crippen LogP contribution in [0.3, 0.4) is 0 Å². The summed E-state index contributed by atoms with van der Waals surface area (Å²) in [5, 5.41) is 10.7. The Labute approximate surface area is 212 Å². The van der Waals surface area contributed by atoms with Crippen LogP contribution in [0.4, 0.5) is 5.82 Å². The number of hydrogen-bond acceptors (Lipinski definition) is 7. The van der Waals surface area contributed by atoms with Crippen LogP contribution in [0.15, 0.2) is 36.8 Å². The van der Waals surface area contributed by atoms with Crippen LogP contribution in [-0.4, -0.2) is 68.6 Å². The molecule has 0 spiro atoms. The lowest BCUT2D eigenvalue weighted by molar-refractivity contribution is -0.0326. The van der Waals surface area contributed by atoms with Crippen LogP contribution in [0.2, 0.25) is 0 Å². The SMILES string of the molecule is CC1(C)CC[C@@H](COc2cccc(-c3cn(C4CC(CN5CCC(O)C5)C4)c4ncnc(N)c34)c2)O1. The second-order valence-corrected chi connectivity index (χ2v) is 11.5. The van der Waals surface area contributed by atoms with Gasteiger partial charge in [0.25, 0.3) is 0 Å². The molecule has 2 atom stereocenters. The van der Waals surface area contributed by atoms with E-state index in [2.05, 4.69) is 51.6 Å². The molecule has 1 unspecified atom stereocenters. The van der Waals surface area contributed by atoms with E-state index in [-0.39, 0.29) is 17.8 Å². The highest BCUT2D eigenvalue weighted by Gasteiger charge is 2.35. The smallest absolute Gasteiger partial charge is 0.146 e. The van der Waals surface area contributed by atoms with Gasteiger partial charge in [-0.1, -0.05) is 12.1 Å². The monoisotopic (exact) mass is 491 g/mol. The fourth-order valence-electron chi connectivity index (χ4n) is 6.16. The Morgan fingerprint density at radius 2 is 2.08 bits per heavy atom. The van der Waals surface area contributed by atoms with Gasteiger partial charge in [0, 0.05) is 37.4 Å². The predicted octanol–water partition coefficient (Wildman–Crippen LogP) is 4.03. The summed E-state index contributed by atoms with van der Waals surface area (Å²) in [5.41, 5.74) is 9.30. The molecule has 8 nitrogen and oxygen atoms in total. The van der Waals surface area contributed by atoms with Gasteiger partial charge < -0.3 is 29.8 Å². The summed E-state index contributed by atoms with van der Waals surface area (Å²) < 4.78 is 14.5. The standard InChI is InChI=1S/C28H37N5O3/c1-28(2)8-6-23(36-28)16-35-22-5-3-4-19(12-22)24-15-33(27-25(24)26(29)30-17-31-27)20-10-18(11-20)13-32-9-7-21(34)14-32/h3-5,12,15,17-18,20-21,23,34H,6-11,13-14,16H2,1-2H3,(H2,29,30,31)/t18?,20?,21?,23-/m0/s1. The van der Waals surface area contributed by atoms with Crippen molar-refractivity contribution in [3.8, 4) is 16.9 Å². The highest BCUT2D eigenvalue weighted by Crippen LogP contribution is 2.43. The maximum atomic E-state index is 9.83. The number of nitrogens with two attached hydrogens (primary N) is 1. The minimum Gasteiger partial charge on any atom is -0.491 e. The van der Waals surface area contributed by atoms with Gasteiger partial charge in [-0.3, -0.25) is 0 Å². The summed E-state index contributed by atoms with van der Waals surface area (Å²) in [7, 11) is 0. The number of benzene rings is 1. The van der Waals surface area contributed by atoms with Crippen LogP contribution in [-0.2, 0) is 4.74 Å². The molecule has 2 aromatic heterocycles. The summed E-state index contributed by atoms with van der Waals surface area (Å²) >= 11 is 0. The van der Waals surface area contributed by atoms with E-state index in [1.165, 1.54) is 0 Å². The van der Waals surface area contributed by atoms with Gasteiger partial charge in [-0.05, 0) is 69.6 Å². The number of aromatic nitrogens is 3. The molecule has 4 heterocycles. The van der Waals surface area contributed by atoms with Crippen molar-refractivity contribution in [2.75, 3.05) is 32.0 Å². The van der Waals surface area contributed by atoms with E-state index >= 15 is 0 Å². The topological polar surface area (TPSA) is 98.7 Å². The Hall–Kier alpha value is -2.68. The second-order valence-electron chi connectivity index (χ2n) is 11.5. The number of aliphatic hydroxyl groups excluding tert-OH is 1. The summed E-state index contributed by atoms with van der Waals surface area (Å²) in [4.78, 5) is 11.3. The van der Waals surface area contributed by atoms with Crippen LogP contribution in [0.1, 0.15) is 52.0 Å². The fraction of sp³-hybridized carbons (Fsp3) is 0.571. The van der Waals surface area contributed by atoms with Crippen molar-refractivity contribution < 1.29 is 14.6 Å². The third kappa shape index (κ3) is 4.69. The fourth-order valence-corrected chi connectivity index (χ4v) is 6.16. The van der Waals surface area contributed by atoms with Gasteiger partial charge >= 0.3 is 0 Å². The maximum absolute atomic E-state index is 9.83. The molecule has 3 aromatic rings. The van der Waals surface area contributed by atoms with E-state index < -0.39 is 0 Å². The first-order chi connectivity index (χ1) is 17.3. The number of hydrogen-bond donors (Lipinski definition) is 2. The molecule has 3 N–H and O–H groups in total. The quantitative estimate of drug-likeness (QED) is 0.515. The Balaban J connectivity index is 1.20. The van der Waals surface area contributed by atoms with Gasteiger partial charge in [-0.15, -0.1) is 0 Å². The molecule has 6 rings (SSSR count). The summed E-state index contributed by atoms with van der Waals surface area (Å²) in [6, 6.07) is 8.59.